The van der Waals surface area contributed by atoms with E-state index < -0.39 is 0 Å². The molecule has 1 heterocycles. The zero-order valence-corrected chi connectivity index (χ0v) is 12.6. The highest BCUT2D eigenvalue weighted by Crippen LogP contribution is 2.09. The van der Waals surface area contributed by atoms with Crippen LogP contribution in [-0.2, 0) is 6.54 Å². The van der Waals surface area contributed by atoms with E-state index in [1.165, 1.54) is 44.6 Å². The Morgan fingerprint density at radius 1 is 1.06 bits per heavy atom. The van der Waals surface area contributed by atoms with E-state index in [0.717, 1.165) is 18.4 Å². The molecule has 0 atom stereocenters. The molecule has 1 aliphatic rings. The summed E-state index contributed by atoms with van der Waals surface area (Å²) in [4.78, 5) is 5.13. The molecule has 2 rings (SSSR count). The van der Waals surface area contributed by atoms with Crippen molar-refractivity contribution in [3.8, 4) is 0 Å². The first-order chi connectivity index (χ1) is 8.88. The molecular weight excluding hydrogens is 288 g/mol. The Balaban J connectivity index is 1.79. The molecule has 3 heteroatoms. The van der Waals surface area contributed by atoms with Crippen molar-refractivity contribution in [2.75, 3.05) is 38.1 Å². The molecule has 0 unspecified atom stereocenters. The fraction of sp³-hybridized carbons (Fsp3) is 0.600. The van der Waals surface area contributed by atoms with E-state index in [1.54, 1.807) is 0 Å². The highest BCUT2D eigenvalue weighted by molar-refractivity contribution is 9.09. The van der Waals surface area contributed by atoms with E-state index in [-0.39, 0.29) is 0 Å². The lowest BCUT2D eigenvalue weighted by Crippen LogP contribution is -2.34. The summed E-state index contributed by atoms with van der Waals surface area (Å²) in [7, 11) is 0. The summed E-state index contributed by atoms with van der Waals surface area (Å²) in [5.74, 6) is 0. The van der Waals surface area contributed by atoms with Crippen LogP contribution in [0.4, 0.5) is 0 Å². The SMILES string of the molecule is BrCCN(CCN1CCCC1)Cc1ccccc1. The summed E-state index contributed by atoms with van der Waals surface area (Å²) >= 11 is 3.56. The second kappa shape index (κ2) is 7.93. The van der Waals surface area contributed by atoms with E-state index in [9.17, 15) is 0 Å². The zero-order valence-electron chi connectivity index (χ0n) is 11.0. The molecule has 0 amide bonds. The second-order valence-electron chi connectivity index (χ2n) is 5.00. The van der Waals surface area contributed by atoms with Gasteiger partial charge in [-0.05, 0) is 31.5 Å². The molecule has 18 heavy (non-hydrogen) atoms. The molecule has 1 fully saturated rings. The van der Waals surface area contributed by atoms with Crippen molar-refractivity contribution in [2.24, 2.45) is 0 Å². The molecule has 0 bridgehead atoms. The van der Waals surface area contributed by atoms with Crippen LogP contribution in [0.25, 0.3) is 0 Å². The largest absolute Gasteiger partial charge is 0.302 e. The molecule has 0 aliphatic carbocycles. The van der Waals surface area contributed by atoms with Crippen molar-refractivity contribution in [1.82, 2.24) is 9.80 Å². The molecule has 1 aromatic rings. The van der Waals surface area contributed by atoms with Gasteiger partial charge in [-0.15, -0.1) is 0 Å². The van der Waals surface area contributed by atoms with Gasteiger partial charge in [-0.3, -0.25) is 4.90 Å². The molecular formula is C15H23BrN2. The number of hydrogen-bond acceptors (Lipinski definition) is 2. The molecule has 1 saturated heterocycles. The second-order valence-corrected chi connectivity index (χ2v) is 5.79. The van der Waals surface area contributed by atoms with Crippen LogP contribution >= 0.6 is 15.9 Å². The van der Waals surface area contributed by atoms with Gasteiger partial charge in [-0.25, -0.2) is 0 Å². The van der Waals surface area contributed by atoms with Crippen LogP contribution in [0, 0.1) is 0 Å². The average Bonchev–Trinajstić information content (AvgIpc) is 2.91. The molecule has 0 spiro atoms. The molecule has 0 aromatic heterocycles. The van der Waals surface area contributed by atoms with Crippen molar-refractivity contribution in [3.05, 3.63) is 35.9 Å². The summed E-state index contributed by atoms with van der Waals surface area (Å²) < 4.78 is 0. The van der Waals surface area contributed by atoms with Crippen molar-refractivity contribution in [2.45, 2.75) is 19.4 Å². The van der Waals surface area contributed by atoms with Gasteiger partial charge in [0.05, 0.1) is 0 Å². The number of nitrogens with zero attached hydrogens (tertiary/aromatic N) is 2. The summed E-state index contributed by atoms with van der Waals surface area (Å²) in [6.45, 7) is 7.20. The van der Waals surface area contributed by atoms with E-state index in [4.69, 9.17) is 0 Å². The van der Waals surface area contributed by atoms with Crippen molar-refractivity contribution in [3.63, 3.8) is 0 Å². The maximum atomic E-state index is 3.56. The number of likely N-dealkylation sites (tertiary alicyclic amines) is 1. The fourth-order valence-electron chi connectivity index (χ4n) is 2.52. The Bertz CT molecular complexity index is 323. The lowest BCUT2D eigenvalue weighted by molar-refractivity contribution is 0.229. The predicted octanol–water partition coefficient (Wildman–Crippen LogP) is 2.98. The maximum absolute atomic E-state index is 3.56. The minimum absolute atomic E-state index is 1.06. The van der Waals surface area contributed by atoms with Gasteiger partial charge >= 0.3 is 0 Å². The molecule has 2 nitrogen and oxygen atoms in total. The summed E-state index contributed by atoms with van der Waals surface area (Å²) in [6, 6.07) is 10.8. The quantitative estimate of drug-likeness (QED) is 0.714. The third-order valence-corrected chi connectivity index (χ3v) is 3.94. The first-order valence-electron chi connectivity index (χ1n) is 6.93. The van der Waals surface area contributed by atoms with Crippen LogP contribution in [0.5, 0.6) is 0 Å². The molecule has 0 saturated carbocycles. The smallest absolute Gasteiger partial charge is 0.0234 e. The Hall–Kier alpha value is -0.380. The molecule has 0 radical (unpaired) electrons. The minimum Gasteiger partial charge on any atom is -0.302 e. The summed E-state index contributed by atoms with van der Waals surface area (Å²) in [5.41, 5.74) is 1.42. The Labute approximate surface area is 119 Å². The van der Waals surface area contributed by atoms with Crippen LogP contribution in [0.3, 0.4) is 0 Å². The number of benzene rings is 1. The number of rotatable bonds is 7. The van der Waals surface area contributed by atoms with Gasteiger partial charge in [0.2, 0.25) is 0 Å². The first kappa shape index (κ1) is 14.0. The monoisotopic (exact) mass is 310 g/mol. The van der Waals surface area contributed by atoms with Gasteiger partial charge in [0, 0.05) is 31.5 Å². The normalized spacial score (nSPS) is 16.6. The minimum atomic E-state index is 1.06. The number of alkyl halides is 1. The van der Waals surface area contributed by atoms with Crippen LogP contribution < -0.4 is 0 Å². The highest BCUT2D eigenvalue weighted by atomic mass is 79.9. The van der Waals surface area contributed by atoms with Crippen molar-refractivity contribution < 1.29 is 0 Å². The summed E-state index contributed by atoms with van der Waals surface area (Å²) in [6.07, 6.45) is 2.77. The van der Waals surface area contributed by atoms with Gasteiger partial charge in [-0.1, -0.05) is 46.3 Å². The van der Waals surface area contributed by atoms with E-state index >= 15 is 0 Å². The van der Waals surface area contributed by atoms with Gasteiger partial charge in [0.25, 0.3) is 0 Å². The molecule has 1 aliphatic heterocycles. The predicted molar refractivity (Wildman–Crippen MR) is 81.2 cm³/mol. The Morgan fingerprint density at radius 2 is 1.78 bits per heavy atom. The van der Waals surface area contributed by atoms with Crippen LogP contribution in [0.2, 0.25) is 0 Å². The van der Waals surface area contributed by atoms with Gasteiger partial charge in [0.1, 0.15) is 0 Å². The first-order valence-corrected chi connectivity index (χ1v) is 8.05. The standard InChI is InChI=1S/C15H23BrN2/c16-8-11-18(13-12-17-9-4-5-10-17)14-15-6-2-1-3-7-15/h1-3,6-7H,4-5,8-14H2. The maximum Gasteiger partial charge on any atom is 0.0234 e. The van der Waals surface area contributed by atoms with Crippen LogP contribution in [0.15, 0.2) is 30.3 Å². The van der Waals surface area contributed by atoms with Crippen molar-refractivity contribution >= 4 is 15.9 Å². The lowest BCUT2D eigenvalue weighted by Gasteiger charge is -2.24. The van der Waals surface area contributed by atoms with E-state index in [2.05, 4.69) is 56.1 Å². The average molecular weight is 311 g/mol. The summed E-state index contributed by atoms with van der Waals surface area (Å²) in [5, 5.41) is 1.06. The Morgan fingerprint density at radius 3 is 2.44 bits per heavy atom. The van der Waals surface area contributed by atoms with E-state index in [1.807, 2.05) is 0 Å². The number of halogens is 1. The third-order valence-electron chi connectivity index (χ3n) is 3.58. The topological polar surface area (TPSA) is 6.48 Å². The van der Waals surface area contributed by atoms with Gasteiger partial charge < -0.3 is 4.90 Å². The third kappa shape index (κ3) is 4.71. The van der Waals surface area contributed by atoms with Crippen molar-refractivity contribution in [1.29, 1.82) is 0 Å². The Kier molecular flexibility index (Phi) is 6.18. The molecule has 0 N–H and O–H groups in total. The van der Waals surface area contributed by atoms with Crippen LogP contribution in [-0.4, -0.2) is 47.9 Å². The van der Waals surface area contributed by atoms with Crippen LogP contribution in [0.1, 0.15) is 18.4 Å². The zero-order chi connectivity index (χ0) is 12.6. The number of hydrogen-bond donors (Lipinski definition) is 0. The highest BCUT2D eigenvalue weighted by Gasteiger charge is 2.13. The fourth-order valence-corrected chi connectivity index (χ4v) is 3.02. The molecule has 1 aromatic carbocycles. The van der Waals surface area contributed by atoms with Gasteiger partial charge in [0.15, 0.2) is 0 Å². The van der Waals surface area contributed by atoms with E-state index in [0.29, 0.717) is 0 Å². The molecule has 100 valence electrons. The lowest BCUT2D eigenvalue weighted by atomic mass is 10.2. The van der Waals surface area contributed by atoms with Gasteiger partial charge in [-0.2, -0.15) is 0 Å².